The number of halogens is 2. The number of hydrogen-bond acceptors (Lipinski definition) is 2. The molecule has 0 fully saturated rings. The Balaban J connectivity index is 3.14. The third kappa shape index (κ3) is 1.90. The summed E-state index contributed by atoms with van der Waals surface area (Å²) in [7, 11) is 0. The molecule has 0 heterocycles. The van der Waals surface area contributed by atoms with Crippen LogP contribution in [0.2, 0.25) is 0 Å². The van der Waals surface area contributed by atoms with Crippen LogP contribution in [-0.4, -0.2) is 12.1 Å². The predicted octanol–water partition coefficient (Wildman–Crippen LogP) is 1.90. The first-order chi connectivity index (χ1) is 6.56. The number of allylic oxidation sites excluding steroid dienone is 1. The fraction of sp³-hybridized carbons (Fsp3) is 0. The van der Waals surface area contributed by atoms with E-state index in [1.807, 2.05) is 0 Å². The minimum Gasteiger partial charge on any atom is -0.298 e. The van der Waals surface area contributed by atoms with E-state index in [1.54, 1.807) is 0 Å². The van der Waals surface area contributed by atoms with Crippen LogP contribution in [0, 0.1) is 11.6 Å². The topological polar surface area (TPSA) is 34.1 Å². The minimum absolute atomic E-state index is 0.227. The average Bonchev–Trinajstić information content (AvgIpc) is 2.15. The Kier molecular flexibility index (Phi) is 2.86. The van der Waals surface area contributed by atoms with E-state index in [9.17, 15) is 18.4 Å². The first kappa shape index (κ1) is 10.2. The van der Waals surface area contributed by atoms with E-state index in [1.165, 1.54) is 0 Å². The fourth-order valence-electron chi connectivity index (χ4n) is 0.900. The molecule has 0 atom stereocenters. The molecule has 1 aromatic carbocycles. The summed E-state index contributed by atoms with van der Waals surface area (Å²) in [5, 5.41) is 0. The zero-order chi connectivity index (χ0) is 10.7. The lowest BCUT2D eigenvalue weighted by Crippen LogP contribution is -2.06. The molecule has 72 valence electrons. The van der Waals surface area contributed by atoms with Crippen LogP contribution in [0.3, 0.4) is 0 Å². The standard InChI is InChI=1S/C10H6F2O2/c1-6(5-13)10(14)8-3-2-7(11)4-9(8)12/h2-5H,1H2. The van der Waals surface area contributed by atoms with Gasteiger partial charge in [0.25, 0.3) is 0 Å². The molecule has 0 aromatic heterocycles. The van der Waals surface area contributed by atoms with Gasteiger partial charge in [-0.2, -0.15) is 0 Å². The van der Waals surface area contributed by atoms with Gasteiger partial charge >= 0.3 is 0 Å². The number of Topliss-reactive ketones (excluding diaryl/α,β-unsaturated/α-hetero) is 1. The third-order valence-electron chi connectivity index (χ3n) is 1.61. The SMILES string of the molecule is C=C(C=O)C(=O)c1ccc(F)cc1F. The van der Waals surface area contributed by atoms with Crippen molar-refractivity contribution >= 4 is 12.1 Å². The fourth-order valence-corrected chi connectivity index (χ4v) is 0.900. The van der Waals surface area contributed by atoms with Crippen molar-refractivity contribution in [1.82, 2.24) is 0 Å². The summed E-state index contributed by atoms with van der Waals surface area (Å²) < 4.78 is 25.4. The van der Waals surface area contributed by atoms with Crippen molar-refractivity contribution in [1.29, 1.82) is 0 Å². The predicted molar refractivity (Wildman–Crippen MR) is 45.9 cm³/mol. The van der Waals surface area contributed by atoms with Gasteiger partial charge in [-0.15, -0.1) is 0 Å². The highest BCUT2D eigenvalue weighted by Gasteiger charge is 2.14. The lowest BCUT2D eigenvalue weighted by atomic mass is 10.1. The number of benzene rings is 1. The van der Waals surface area contributed by atoms with Gasteiger partial charge in [0.1, 0.15) is 11.6 Å². The molecule has 0 radical (unpaired) electrons. The lowest BCUT2D eigenvalue weighted by molar-refractivity contribution is -0.104. The van der Waals surface area contributed by atoms with Crippen molar-refractivity contribution in [3.63, 3.8) is 0 Å². The van der Waals surface area contributed by atoms with Gasteiger partial charge in [0.05, 0.1) is 11.1 Å². The molecule has 0 N–H and O–H groups in total. The number of ketones is 1. The van der Waals surface area contributed by atoms with Crippen molar-refractivity contribution in [2.75, 3.05) is 0 Å². The van der Waals surface area contributed by atoms with E-state index in [4.69, 9.17) is 0 Å². The van der Waals surface area contributed by atoms with Crippen molar-refractivity contribution < 1.29 is 18.4 Å². The minimum atomic E-state index is -1.00. The van der Waals surface area contributed by atoms with Gasteiger partial charge in [-0.25, -0.2) is 8.78 Å². The highest BCUT2D eigenvalue weighted by Crippen LogP contribution is 2.12. The van der Waals surface area contributed by atoms with Crippen LogP contribution in [0.5, 0.6) is 0 Å². The van der Waals surface area contributed by atoms with Crippen molar-refractivity contribution in [3.05, 3.63) is 47.5 Å². The normalized spacial score (nSPS) is 9.57. The summed E-state index contributed by atoms with van der Waals surface area (Å²) in [6.07, 6.45) is 0.227. The highest BCUT2D eigenvalue weighted by atomic mass is 19.1. The van der Waals surface area contributed by atoms with Crippen LogP contribution in [0.4, 0.5) is 8.78 Å². The highest BCUT2D eigenvalue weighted by molar-refractivity contribution is 6.19. The van der Waals surface area contributed by atoms with Crippen LogP contribution < -0.4 is 0 Å². The Morgan fingerprint density at radius 1 is 1.36 bits per heavy atom. The van der Waals surface area contributed by atoms with E-state index < -0.39 is 17.4 Å². The number of rotatable bonds is 3. The molecule has 0 saturated carbocycles. The summed E-state index contributed by atoms with van der Waals surface area (Å²) in [5.74, 6) is -2.62. The van der Waals surface area contributed by atoms with Crippen LogP contribution >= 0.6 is 0 Å². The van der Waals surface area contributed by atoms with Gasteiger partial charge in [0.15, 0.2) is 12.1 Å². The molecule has 0 amide bonds. The quantitative estimate of drug-likeness (QED) is 0.243. The van der Waals surface area contributed by atoms with E-state index in [0.717, 1.165) is 12.1 Å². The summed E-state index contributed by atoms with van der Waals surface area (Å²) in [6, 6.07) is 2.49. The Labute approximate surface area is 78.9 Å². The summed E-state index contributed by atoms with van der Waals surface area (Å²) in [4.78, 5) is 21.4. The molecule has 1 aromatic rings. The molecule has 14 heavy (non-hydrogen) atoms. The lowest BCUT2D eigenvalue weighted by Gasteiger charge is -2.00. The molecule has 0 unspecified atom stereocenters. The smallest absolute Gasteiger partial charge is 0.198 e. The van der Waals surface area contributed by atoms with E-state index in [0.29, 0.717) is 6.07 Å². The number of aldehydes is 1. The van der Waals surface area contributed by atoms with Crippen molar-refractivity contribution in [2.24, 2.45) is 0 Å². The Hall–Kier alpha value is -1.84. The summed E-state index contributed by atoms with van der Waals surface area (Å²) in [5.41, 5.74) is -0.723. The molecule has 0 aliphatic rings. The molecule has 2 nitrogen and oxygen atoms in total. The molecule has 0 aliphatic heterocycles. The average molecular weight is 196 g/mol. The monoisotopic (exact) mass is 196 g/mol. The molecule has 4 heteroatoms. The first-order valence-corrected chi connectivity index (χ1v) is 3.70. The number of carbonyl (C=O) groups excluding carboxylic acids is 2. The molecule has 0 bridgehead atoms. The second kappa shape index (κ2) is 3.91. The third-order valence-corrected chi connectivity index (χ3v) is 1.61. The molecule has 0 spiro atoms. The maximum absolute atomic E-state index is 13.0. The second-order valence-corrected chi connectivity index (χ2v) is 2.60. The largest absolute Gasteiger partial charge is 0.298 e. The van der Waals surface area contributed by atoms with Crippen LogP contribution in [0.25, 0.3) is 0 Å². The summed E-state index contributed by atoms with van der Waals surface area (Å²) >= 11 is 0. The van der Waals surface area contributed by atoms with E-state index in [-0.39, 0.29) is 17.4 Å². The van der Waals surface area contributed by atoms with Gasteiger partial charge in [0, 0.05) is 6.07 Å². The molecular weight excluding hydrogens is 190 g/mol. The first-order valence-electron chi connectivity index (χ1n) is 3.70. The van der Waals surface area contributed by atoms with Gasteiger partial charge in [-0.05, 0) is 12.1 Å². The van der Waals surface area contributed by atoms with Crippen LogP contribution in [0.15, 0.2) is 30.4 Å². The zero-order valence-electron chi connectivity index (χ0n) is 7.09. The van der Waals surface area contributed by atoms with Crippen LogP contribution in [-0.2, 0) is 4.79 Å². The Morgan fingerprint density at radius 3 is 2.50 bits per heavy atom. The molecule has 0 aliphatic carbocycles. The van der Waals surface area contributed by atoms with Crippen LogP contribution in [0.1, 0.15) is 10.4 Å². The zero-order valence-corrected chi connectivity index (χ0v) is 7.09. The summed E-state index contributed by atoms with van der Waals surface area (Å²) in [6.45, 7) is 3.14. The van der Waals surface area contributed by atoms with Gasteiger partial charge in [0.2, 0.25) is 0 Å². The molecule has 1 rings (SSSR count). The van der Waals surface area contributed by atoms with Crippen molar-refractivity contribution in [3.8, 4) is 0 Å². The molecule has 0 saturated heterocycles. The number of hydrogen-bond donors (Lipinski definition) is 0. The number of carbonyl (C=O) groups is 2. The Morgan fingerprint density at radius 2 is 2.00 bits per heavy atom. The van der Waals surface area contributed by atoms with Gasteiger partial charge in [-0.3, -0.25) is 9.59 Å². The maximum atomic E-state index is 13.0. The van der Waals surface area contributed by atoms with Gasteiger partial charge < -0.3 is 0 Å². The van der Waals surface area contributed by atoms with E-state index >= 15 is 0 Å². The second-order valence-electron chi connectivity index (χ2n) is 2.60. The van der Waals surface area contributed by atoms with Gasteiger partial charge in [-0.1, -0.05) is 6.58 Å². The van der Waals surface area contributed by atoms with E-state index in [2.05, 4.69) is 6.58 Å². The maximum Gasteiger partial charge on any atom is 0.198 e. The van der Waals surface area contributed by atoms with Crippen molar-refractivity contribution in [2.45, 2.75) is 0 Å². The molecular formula is C10H6F2O2. The Bertz CT molecular complexity index is 411.